The lowest BCUT2D eigenvalue weighted by Crippen LogP contribution is -2.27. The number of carbonyl (C=O) groups excluding carboxylic acids is 1. The highest BCUT2D eigenvalue weighted by Gasteiger charge is 2.20. The van der Waals surface area contributed by atoms with Gasteiger partial charge in [-0.3, -0.25) is 14.0 Å². The molecule has 9 heteroatoms. The number of rotatable bonds is 6. The van der Waals surface area contributed by atoms with Crippen molar-refractivity contribution in [3.8, 4) is 16.9 Å². The van der Waals surface area contributed by atoms with Crippen LogP contribution >= 0.6 is 11.3 Å². The highest BCUT2D eigenvalue weighted by atomic mass is 32.1. The number of benzene rings is 2. The zero-order valence-corrected chi connectivity index (χ0v) is 20.0. The van der Waals surface area contributed by atoms with Crippen LogP contribution < -0.4 is 10.9 Å². The SMILES string of the molecule is Cc1nc2scc(CC(=O)NCc3ccccc3)n2c(=O)c1-c1cc(C)n(-c2ccc(F)cc2)n1. The molecule has 0 spiro atoms. The van der Waals surface area contributed by atoms with Gasteiger partial charge in [0.15, 0.2) is 4.96 Å². The van der Waals surface area contributed by atoms with Crippen LogP contribution in [-0.2, 0) is 17.8 Å². The van der Waals surface area contributed by atoms with Crippen molar-refractivity contribution in [2.24, 2.45) is 0 Å². The van der Waals surface area contributed by atoms with Gasteiger partial charge in [-0.05, 0) is 49.7 Å². The van der Waals surface area contributed by atoms with Crippen LogP contribution in [0, 0.1) is 19.7 Å². The van der Waals surface area contributed by atoms with E-state index in [2.05, 4.69) is 15.4 Å². The van der Waals surface area contributed by atoms with Crippen LogP contribution in [0.3, 0.4) is 0 Å². The second-order valence-corrected chi connectivity index (χ2v) is 9.06. The van der Waals surface area contributed by atoms with Gasteiger partial charge in [-0.25, -0.2) is 14.1 Å². The monoisotopic (exact) mass is 487 g/mol. The summed E-state index contributed by atoms with van der Waals surface area (Å²) < 4.78 is 16.5. The Bertz CT molecular complexity index is 1590. The fraction of sp³-hybridized carbons (Fsp3) is 0.154. The zero-order valence-electron chi connectivity index (χ0n) is 19.2. The van der Waals surface area contributed by atoms with Crippen LogP contribution in [0.15, 0.2) is 70.8 Å². The molecule has 3 aromatic heterocycles. The lowest BCUT2D eigenvalue weighted by atomic mass is 10.1. The molecule has 0 saturated heterocycles. The number of aromatic nitrogens is 4. The Balaban J connectivity index is 1.47. The third-order valence-corrected chi connectivity index (χ3v) is 6.58. The molecule has 3 heterocycles. The zero-order chi connectivity index (χ0) is 24.5. The van der Waals surface area contributed by atoms with Crippen LogP contribution in [0.2, 0.25) is 0 Å². The molecule has 2 aromatic carbocycles. The normalized spacial score (nSPS) is 11.2. The van der Waals surface area contributed by atoms with Crippen molar-refractivity contribution in [2.75, 3.05) is 0 Å². The van der Waals surface area contributed by atoms with Crippen molar-refractivity contribution >= 4 is 22.2 Å². The molecule has 0 atom stereocenters. The maximum Gasteiger partial charge on any atom is 0.268 e. The van der Waals surface area contributed by atoms with Gasteiger partial charge in [-0.15, -0.1) is 11.3 Å². The first-order chi connectivity index (χ1) is 16.9. The second-order valence-electron chi connectivity index (χ2n) is 8.22. The van der Waals surface area contributed by atoms with E-state index in [0.29, 0.717) is 39.8 Å². The maximum atomic E-state index is 13.6. The summed E-state index contributed by atoms with van der Waals surface area (Å²) in [6, 6.07) is 17.4. The van der Waals surface area contributed by atoms with E-state index < -0.39 is 0 Å². The van der Waals surface area contributed by atoms with Crippen LogP contribution in [0.5, 0.6) is 0 Å². The minimum absolute atomic E-state index is 0.0555. The fourth-order valence-electron chi connectivity index (χ4n) is 3.99. The van der Waals surface area contributed by atoms with E-state index in [4.69, 9.17) is 0 Å². The number of nitrogens with one attached hydrogen (secondary N) is 1. The molecule has 0 fully saturated rings. The molecule has 0 bridgehead atoms. The van der Waals surface area contributed by atoms with Gasteiger partial charge in [0.05, 0.1) is 23.4 Å². The van der Waals surface area contributed by atoms with E-state index in [9.17, 15) is 14.0 Å². The molecular formula is C26H22FN5O2S. The standard InChI is InChI=1S/C26H22FN5O2S/c1-16-12-22(30-32(16)20-10-8-19(27)9-11-20)24-17(2)29-26-31(25(24)34)21(15-35-26)13-23(33)28-14-18-6-4-3-5-7-18/h3-12,15H,13-14H2,1-2H3,(H,28,33). The van der Waals surface area contributed by atoms with Gasteiger partial charge in [-0.2, -0.15) is 5.10 Å². The maximum absolute atomic E-state index is 13.6. The molecule has 1 N–H and O–H groups in total. The first-order valence-electron chi connectivity index (χ1n) is 11.0. The van der Waals surface area contributed by atoms with Crippen molar-refractivity contribution in [1.82, 2.24) is 24.5 Å². The Morgan fingerprint density at radius 1 is 1.09 bits per heavy atom. The molecule has 35 heavy (non-hydrogen) atoms. The average Bonchev–Trinajstić information content (AvgIpc) is 3.42. The highest BCUT2D eigenvalue weighted by Crippen LogP contribution is 2.23. The fourth-order valence-corrected chi connectivity index (χ4v) is 4.91. The molecule has 0 unspecified atom stereocenters. The quantitative estimate of drug-likeness (QED) is 0.389. The molecule has 0 aliphatic carbocycles. The Morgan fingerprint density at radius 3 is 2.57 bits per heavy atom. The number of nitrogens with zero attached hydrogens (tertiary/aromatic N) is 4. The number of amides is 1. The second kappa shape index (κ2) is 9.27. The number of thiazole rings is 1. The van der Waals surface area contributed by atoms with Crippen LogP contribution in [-0.4, -0.2) is 25.1 Å². The van der Waals surface area contributed by atoms with Gasteiger partial charge in [-0.1, -0.05) is 30.3 Å². The van der Waals surface area contributed by atoms with E-state index in [-0.39, 0.29) is 23.7 Å². The van der Waals surface area contributed by atoms with E-state index in [0.717, 1.165) is 11.3 Å². The number of aryl methyl sites for hydroxylation is 2. The number of hydrogen-bond acceptors (Lipinski definition) is 5. The molecular weight excluding hydrogens is 465 g/mol. The van der Waals surface area contributed by atoms with Crippen LogP contribution in [0.1, 0.15) is 22.6 Å². The summed E-state index contributed by atoms with van der Waals surface area (Å²) in [5.74, 6) is -0.515. The molecule has 1 amide bonds. The summed E-state index contributed by atoms with van der Waals surface area (Å²) in [4.78, 5) is 31.3. The summed E-state index contributed by atoms with van der Waals surface area (Å²) in [6.45, 7) is 4.06. The van der Waals surface area contributed by atoms with Crippen molar-refractivity contribution in [3.05, 3.63) is 105 Å². The molecule has 0 aliphatic heterocycles. The topological polar surface area (TPSA) is 81.3 Å². The first kappa shape index (κ1) is 22.7. The van der Waals surface area contributed by atoms with E-state index in [1.165, 1.54) is 27.9 Å². The third-order valence-electron chi connectivity index (χ3n) is 5.71. The van der Waals surface area contributed by atoms with Gasteiger partial charge in [0.25, 0.3) is 5.56 Å². The number of fused-ring (bicyclic) bond motifs is 1. The van der Waals surface area contributed by atoms with Crippen molar-refractivity contribution < 1.29 is 9.18 Å². The Morgan fingerprint density at radius 2 is 1.83 bits per heavy atom. The number of halogens is 1. The summed E-state index contributed by atoms with van der Waals surface area (Å²) in [5, 5.41) is 9.30. The van der Waals surface area contributed by atoms with Gasteiger partial charge >= 0.3 is 0 Å². The van der Waals surface area contributed by atoms with Crippen molar-refractivity contribution in [1.29, 1.82) is 0 Å². The summed E-state index contributed by atoms with van der Waals surface area (Å²) in [6.07, 6.45) is 0.0555. The van der Waals surface area contributed by atoms with Gasteiger partial charge in [0.2, 0.25) is 5.91 Å². The predicted molar refractivity (Wildman–Crippen MR) is 133 cm³/mol. The molecule has 5 rings (SSSR count). The van der Waals surface area contributed by atoms with Gasteiger partial charge < -0.3 is 5.32 Å². The highest BCUT2D eigenvalue weighted by molar-refractivity contribution is 7.15. The predicted octanol–water partition coefficient (Wildman–Crippen LogP) is 4.22. The largest absolute Gasteiger partial charge is 0.352 e. The number of carbonyl (C=O) groups is 1. The molecule has 0 aliphatic rings. The van der Waals surface area contributed by atoms with Gasteiger partial charge in [0, 0.05) is 23.3 Å². The Labute approximate surface area is 204 Å². The average molecular weight is 488 g/mol. The van der Waals surface area contributed by atoms with Crippen molar-refractivity contribution in [2.45, 2.75) is 26.8 Å². The van der Waals surface area contributed by atoms with E-state index in [1.54, 1.807) is 35.2 Å². The van der Waals surface area contributed by atoms with E-state index in [1.807, 2.05) is 37.3 Å². The summed E-state index contributed by atoms with van der Waals surface area (Å²) >= 11 is 1.32. The third kappa shape index (κ3) is 4.50. The summed E-state index contributed by atoms with van der Waals surface area (Å²) in [7, 11) is 0. The Kier molecular flexibility index (Phi) is 6.00. The van der Waals surface area contributed by atoms with Crippen molar-refractivity contribution in [3.63, 3.8) is 0 Å². The number of hydrogen-bond donors (Lipinski definition) is 1. The Hall–Kier alpha value is -4.11. The molecule has 5 aromatic rings. The first-order valence-corrected chi connectivity index (χ1v) is 11.9. The molecule has 176 valence electrons. The lowest BCUT2D eigenvalue weighted by molar-refractivity contribution is -0.120. The minimum atomic E-state index is -0.333. The van der Waals surface area contributed by atoms with Crippen LogP contribution in [0.25, 0.3) is 21.9 Å². The molecule has 7 nitrogen and oxygen atoms in total. The smallest absolute Gasteiger partial charge is 0.268 e. The summed E-state index contributed by atoms with van der Waals surface area (Å²) in [5.41, 5.74) is 4.18. The van der Waals surface area contributed by atoms with Gasteiger partial charge in [0.1, 0.15) is 11.5 Å². The minimum Gasteiger partial charge on any atom is -0.352 e. The lowest BCUT2D eigenvalue weighted by Gasteiger charge is -2.07. The van der Waals surface area contributed by atoms with Crippen LogP contribution in [0.4, 0.5) is 4.39 Å². The molecule has 0 radical (unpaired) electrons. The molecule has 0 saturated carbocycles. The van der Waals surface area contributed by atoms with E-state index >= 15 is 0 Å².